The fourth-order valence-electron chi connectivity index (χ4n) is 3.27. The highest BCUT2D eigenvalue weighted by molar-refractivity contribution is 5.73. The second kappa shape index (κ2) is 21.1. The van der Waals surface area contributed by atoms with Crippen LogP contribution in [-0.2, 0) is 9.59 Å². The summed E-state index contributed by atoms with van der Waals surface area (Å²) in [5.41, 5.74) is 6.07. The van der Waals surface area contributed by atoms with E-state index in [2.05, 4.69) is 13.8 Å². The fraction of sp³-hybridized carbons (Fsp3) is 0.913. The molecule has 0 saturated carbocycles. The van der Waals surface area contributed by atoms with Gasteiger partial charge in [0.15, 0.2) is 0 Å². The van der Waals surface area contributed by atoms with E-state index in [0.29, 0.717) is 0 Å². The molecule has 180 valence electrons. The van der Waals surface area contributed by atoms with Crippen molar-refractivity contribution in [3.63, 3.8) is 0 Å². The first-order valence-electron chi connectivity index (χ1n) is 11.8. The van der Waals surface area contributed by atoms with E-state index in [-0.39, 0.29) is 6.17 Å². The standard InChI is InChI=1S/C20H42N2O2.C3H6O3/c1-4-6-8-10-12-14-16-19(20(23)24)22(18(3)21)17-15-13-11-9-7-5-2;1-2(4)3(5)6/h18-19H,4-17,21H2,1-3H3,(H,23,24);2,4H,1H3,(H,5,6). The molecule has 0 amide bonds. The molecule has 0 aliphatic carbocycles. The summed E-state index contributed by atoms with van der Waals surface area (Å²) in [5, 5.41) is 25.4. The quantitative estimate of drug-likeness (QED) is 0.184. The minimum Gasteiger partial charge on any atom is -0.480 e. The van der Waals surface area contributed by atoms with Crippen molar-refractivity contribution in [2.45, 2.75) is 129 Å². The van der Waals surface area contributed by atoms with Gasteiger partial charge in [0.05, 0.1) is 6.17 Å². The molecule has 7 nitrogen and oxygen atoms in total. The van der Waals surface area contributed by atoms with Crippen molar-refractivity contribution in [1.29, 1.82) is 0 Å². The molecular formula is C23H48N2O5. The lowest BCUT2D eigenvalue weighted by Gasteiger charge is -2.32. The number of carboxylic acids is 2. The number of carboxylic acid groups (broad SMARTS) is 2. The topological polar surface area (TPSA) is 124 Å². The van der Waals surface area contributed by atoms with E-state index >= 15 is 0 Å². The molecule has 0 bridgehead atoms. The fourth-order valence-corrected chi connectivity index (χ4v) is 3.27. The minimum atomic E-state index is -1.23. The number of hydrogen-bond acceptors (Lipinski definition) is 5. The van der Waals surface area contributed by atoms with Crippen LogP contribution in [0.4, 0.5) is 0 Å². The molecule has 0 aromatic carbocycles. The number of rotatable bonds is 18. The third-order valence-corrected chi connectivity index (χ3v) is 5.17. The first kappa shape index (κ1) is 31.0. The second-order valence-electron chi connectivity index (χ2n) is 8.17. The molecule has 7 heteroatoms. The van der Waals surface area contributed by atoms with Crippen molar-refractivity contribution >= 4 is 11.9 Å². The molecular weight excluding hydrogens is 384 g/mol. The van der Waals surface area contributed by atoms with E-state index in [1.807, 2.05) is 11.8 Å². The average molecular weight is 433 g/mol. The van der Waals surface area contributed by atoms with Gasteiger partial charge in [-0.15, -0.1) is 0 Å². The van der Waals surface area contributed by atoms with Crippen molar-refractivity contribution in [3.05, 3.63) is 0 Å². The maximum Gasteiger partial charge on any atom is 0.332 e. The maximum atomic E-state index is 11.7. The molecule has 30 heavy (non-hydrogen) atoms. The monoisotopic (exact) mass is 432 g/mol. The average Bonchev–Trinajstić information content (AvgIpc) is 2.67. The molecule has 0 rings (SSSR count). The third kappa shape index (κ3) is 18.8. The molecule has 0 radical (unpaired) electrons. The highest BCUT2D eigenvalue weighted by Crippen LogP contribution is 2.16. The van der Waals surface area contributed by atoms with Gasteiger partial charge in [-0.2, -0.15) is 0 Å². The molecule has 0 fully saturated rings. The van der Waals surface area contributed by atoms with Gasteiger partial charge in [-0.3, -0.25) is 9.69 Å². The number of unbranched alkanes of at least 4 members (excludes halogenated alkanes) is 10. The number of aliphatic hydroxyl groups is 1. The largest absolute Gasteiger partial charge is 0.480 e. The molecule has 0 aliphatic heterocycles. The third-order valence-electron chi connectivity index (χ3n) is 5.17. The smallest absolute Gasteiger partial charge is 0.332 e. The summed E-state index contributed by atoms with van der Waals surface area (Å²) in [5.74, 6) is -1.90. The molecule has 0 aromatic rings. The van der Waals surface area contributed by atoms with E-state index in [1.165, 1.54) is 64.7 Å². The van der Waals surface area contributed by atoms with Gasteiger partial charge < -0.3 is 21.1 Å². The van der Waals surface area contributed by atoms with Crippen LogP contribution in [0.15, 0.2) is 0 Å². The zero-order valence-corrected chi connectivity index (χ0v) is 19.8. The van der Waals surface area contributed by atoms with Gasteiger partial charge in [-0.25, -0.2) is 4.79 Å². The summed E-state index contributed by atoms with van der Waals surface area (Å²) in [4.78, 5) is 23.1. The molecule has 0 spiro atoms. The molecule has 0 heterocycles. The summed E-state index contributed by atoms with van der Waals surface area (Å²) in [6.07, 6.45) is 13.7. The molecule has 0 aliphatic rings. The minimum absolute atomic E-state index is 0.193. The van der Waals surface area contributed by atoms with Crippen LogP contribution in [-0.4, -0.2) is 57.0 Å². The van der Waals surface area contributed by atoms with Crippen LogP contribution >= 0.6 is 0 Å². The van der Waals surface area contributed by atoms with Crippen LogP contribution in [0.2, 0.25) is 0 Å². The number of hydrogen-bond donors (Lipinski definition) is 4. The summed E-state index contributed by atoms with van der Waals surface area (Å²) >= 11 is 0. The van der Waals surface area contributed by atoms with Gasteiger partial charge in [0.1, 0.15) is 12.1 Å². The van der Waals surface area contributed by atoms with Gasteiger partial charge in [0.2, 0.25) is 0 Å². The van der Waals surface area contributed by atoms with Crippen LogP contribution < -0.4 is 5.73 Å². The Morgan fingerprint density at radius 3 is 1.53 bits per heavy atom. The zero-order valence-electron chi connectivity index (χ0n) is 19.8. The lowest BCUT2D eigenvalue weighted by atomic mass is 10.0. The molecule has 0 aromatic heterocycles. The lowest BCUT2D eigenvalue weighted by Crippen LogP contribution is -2.50. The number of aliphatic hydroxyl groups excluding tert-OH is 1. The van der Waals surface area contributed by atoms with E-state index in [1.54, 1.807) is 0 Å². The Bertz CT molecular complexity index is 416. The van der Waals surface area contributed by atoms with Gasteiger partial charge in [-0.1, -0.05) is 84.5 Å². The Labute approximate surface area is 184 Å². The van der Waals surface area contributed by atoms with Crippen LogP contribution in [0.5, 0.6) is 0 Å². The molecule has 5 N–H and O–H groups in total. The SMILES string of the molecule is CC(O)C(=O)O.CCCCCCCCC(C(=O)O)N(CCCCCCCC)C(C)N. The van der Waals surface area contributed by atoms with Gasteiger partial charge in [0.25, 0.3) is 0 Å². The number of nitrogens with zero attached hydrogens (tertiary/aromatic N) is 1. The van der Waals surface area contributed by atoms with Crippen LogP contribution in [0.3, 0.4) is 0 Å². The van der Waals surface area contributed by atoms with Crippen molar-refractivity contribution in [1.82, 2.24) is 4.90 Å². The maximum absolute atomic E-state index is 11.7. The van der Waals surface area contributed by atoms with E-state index < -0.39 is 24.1 Å². The first-order valence-corrected chi connectivity index (χ1v) is 11.8. The highest BCUT2D eigenvalue weighted by atomic mass is 16.4. The summed E-state index contributed by atoms with van der Waals surface area (Å²) < 4.78 is 0. The van der Waals surface area contributed by atoms with Crippen LogP contribution in [0.1, 0.15) is 111 Å². The van der Waals surface area contributed by atoms with E-state index in [4.69, 9.17) is 15.9 Å². The van der Waals surface area contributed by atoms with Gasteiger partial charge in [0, 0.05) is 6.54 Å². The number of aliphatic carboxylic acids is 2. The predicted octanol–water partition coefficient (Wildman–Crippen LogP) is 4.61. The second-order valence-corrected chi connectivity index (χ2v) is 8.17. The van der Waals surface area contributed by atoms with Crippen LogP contribution in [0.25, 0.3) is 0 Å². The number of nitrogens with two attached hydrogens (primary N) is 1. The Hall–Kier alpha value is -1.18. The Morgan fingerprint density at radius 2 is 1.17 bits per heavy atom. The van der Waals surface area contributed by atoms with Crippen molar-refractivity contribution in [2.75, 3.05) is 6.54 Å². The zero-order chi connectivity index (χ0) is 23.4. The summed E-state index contributed by atoms with van der Waals surface area (Å²) in [6, 6.07) is -0.424. The normalized spacial score (nSPS) is 14.0. The van der Waals surface area contributed by atoms with Crippen molar-refractivity contribution < 1.29 is 24.9 Å². The Morgan fingerprint density at radius 1 is 0.767 bits per heavy atom. The predicted molar refractivity (Wildman–Crippen MR) is 122 cm³/mol. The van der Waals surface area contributed by atoms with Crippen molar-refractivity contribution in [2.24, 2.45) is 5.73 Å². The van der Waals surface area contributed by atoms with Crippen LogP contribution in [0, 0.1) is 0 Å². The van der Waals surface area contributed by atoms with Gasteiger partial charge in [-0.05, 0) is 26.7 Å². The molecule has 3 unspecified atom stereocenters. The van der Waals surface area contributed by atoms with E-state index in [9.17, 15) is 14.7 Å². The molecule has 3 atom stereocenters. The van der Waals surface area contributed by atoms with Gasteiger partial charge >= 0.3 is 11.9 Å². The van der Waals surface area contributed by atoms with E-state index in [0.717, 1.165) is 32.2 Å². The Balaban J connectivity index is 0. The highest BCUT2D eigenvalue weighted by Gasteiger charge is 2.26. The summed E-state index contributed by atoms with van der Waals surface area (Å²) in [6.45, 7) is 8.34. The molecule has 0 saturated heterocycles. The number of carbonyl (C=O) groups is 2. The summed E-state index contributed by atoms with van der Waals surface area (Å²) in [7, 11) is 0. The Kier molecular flexibility index (Phi) is 21.8. The first-order chi connectivity index (χ1) is 14.2. The van der Waals surface area contributed by atoms with Crippen molar-refractivity contribution in [3.8, 4) is 0 Å². The lowest BCUT2D eigenvalue weighted by molar-refractivity contribution is -0.146.